The second kappa shape index (κ2) is 12.4. The molecule has 0 bridgehead atoms. The summed E-state index contributed by atoms with van der Waals surface area (Å²) < 4.78 is 26.5. The van der Waals surface area contributed by atoms with Crippen LogP contribution in [0.3, 0.4) is 0 Å². The molecule has 196 valence electrons. The fraction of sp³-hybridized carbons (Fsp3) is 0.500. The van der Waals surface area contributed by atoms with Gasteiger partial charge in [-0.25, -0.2) is 8.42 Å². The number of anilines is 1. The lowest BCUT2D eigenvalue weighted by Crippen LogP contribution is -2.49. The second-order valence-corrected chi connectivity index (χ2v) is 11.8. The normalized spacial score (nSPS) is 14.9. The van der Waals surface area contributed by atoms with Crippen molar-refractivity contribution in [2.24, 2.45) is 0 Å². The van der Waals surface area contributed by atoms with E-state index in [4.69, 9.17) is 0 Å². The lowest BCUT2D eigenvalue weighted by Gasteiger charge is -2.30. The Kier molecular flexibility index (Phi) is 9.54. The first kappa shape index (κ1) is 27.7. The van der Waals surface area contributed by atoms with Crippen LogP contribution in [0.2, 0.25) is 0 Å². The summed E-state index contributed by atoms with van der Waals surface area (Å²) in [7, 11) is -3.52. The zero-order valence-corrected chi connectivity index (χ0v) is 22.7. The zero-order valence-electron chi connectivity index (χ0n) is 21.9. The van der Waals surface area contributed by atoms with E-state index in [1.807, 2.05) is 62.4 Å². The van der Waals surface area contributed by atoms with E-state index in [1.54, 1.807) is 11.8 Å². The molecule has 0 aromatic heterocycles. The van der Waals surface area contributed by atoms with Crippen LogP contribution < -0.4 is 9.62 Å². The minimum atomic E-state index is -3.52. The standard InChI is InChI=1S/C28H39N3O4S/c1-21-16-17-22(2)26(19-21)31(36(4,34)35)18-10-15-27(32)30(20-24-11-6-5-7-12-24)23(3)28(33)29-25-13-8-9-14-25/h5-7,11-12,16-17,19,23,25H,8-10,13-15,18,20H2,1-4H3,(H,29,33)/t23-/m0/s1. The highest BCUT2D eigenvalue weighted by atomic mass is 32.2. The summed E-state index contributed by atoms with van der Waals surface area (Å²) in [5, 5.41) is 3.11. The summed E-state index contributed by atoms with van der Waals surface area (Å²) in [6.45, 7) is 6.09. The van der Waals surface area contributed by atoms with Gasteiger partial charge in [0.05, 0.1) is 11.9 Å². The van der Waals surface area contributed by atoms with Crippen molar-refractivity contribution >= 4 is 27.5 Å². The molecule has 2 aromatic rings. The van der Waals surface area contributed by atoms with Gasteiger partial charge >= 0.3 is 0 Å². The maximum Gasteiger partial charge on any atom is 0.242 e. The molecule has 3 rings (SSSR count). The number of aryl methyl sites for hydroxylation is 2. The van der Waals surface area contributed by atoms with Gasteiger partial charge in [0.25, 0.3) is 0 Å². The van der Waals surface area contributed by atoms with Crippen molar-refractivity contribution in [1.82, 2.24) is 10.2 Å². The van der Waals surface area contributed by atoms with Gasteiger partial charge in [0.2, 0.25) is 21.8 Å². The van der Waals surface area contributed by atoms with Crippen molar-refractivity contribution in [2.75, 3.05) is 17.1 Å². The quantitative estimate of drug-likeness (QED) is 0.485. The molecule has 2 amide bonds. The third-order valence-corrected chi connectivity index (χ3v) is 8.03. The Labute approximate surface area is 215 Å². The van der Waals surface area contributed by atoms with E-state index in [2.05, 4.69) is 5.32 Å². The van der Waals surface area contributed by atoms with Gasteiger partial charge in [0.1, 0.15) is 6.04 Å². The van der Waals surface area contributed by atoms with Crippen LogP contribution in [0.15, 0.2) is 48.5 Å². The molecule has 0 saturated heterocycles. The maximum atomic E-state index is 13.4. The van der Waals surface area contributed by atoms with Crippen LogP contribution in [0, 0.1) is 13.8 Å². The minimum Gasteiger partial charge on any atom is -0.352 e. The van der Waals surface area contributed by atoms with Gasteiger partial charge in [-0.05, 0) is 62.8 Å². The first-order valence-corrected chi connectivity index (χ1v) is 14.6. The smallest absolute Gasteiger partial charge is 0.242 e. The average Bonchev–Trinajstić information content (AvgIpc) is 3.34. The highest BCUT2D eigenvalue weighted by molar-refractivity contribution is 7.92. The number of nitrogens with one attached hydrogen (secondary N) is 1. The van der Waals surface area contributed by atoms with E-state index < -0.39 is 16.1 Å². The van der Waals surface area contributed by atoms with Gasteiger partial charge in [-0.15, -0.1) is 0 Å². The van der Waals surface area contributed by atoms with Crippen LogP contribution in [0.1, 0.15) is 62.1 Å². The van der Waals surface area contributed by atoms with Gasteiger partial charge in [-0.3, -0.25) is 13.9 Å². The van der Waals surface area contributed by atoms with Crippen LogP contribution in [-0.4, -0.2) is 50.0 Å². The lowest BCUT2D eigenvalue weighted by atomic mass is 10.1. The first-order valence-electron chi connectivity index (χ1n) is 12.7. The number of hydrogen-bond donors (Lipinski definition) is 1. The Balaban J connectivity index is 1.72. The van der Waals surface area contributed by atoms with E-state index >= 15 is 0 Å². The number of carbonyl (C=O) groups is 2. The molecule has 1 N–H and O–H groups in total. The van der Waals surface area contributed by atoms with Gasteiger partial charge in [0.15, 0.2) is 0 Å². The fourth-order valence-corrected chi connectivity index (χ4v) is 5.74. The number of carbonyl (C=O) groups excluding carboxylic acids is 2. The Bertz CT molecular complexity index is 1140. The number of rotatable bonds is 11. The van der Waals surface area contributed by atoms with Gasteiger partial charge in [-0.2, -0.15) is 0 Å². The molecule has 1 atom stereocenters. The SMILES string of the molecule is Cc1ccc(C)c(N(CCCC(=O)N(Cc2ccccc2)[C@@H](C)C(=O)NC2CCCC2)S(C)(=O)=O)c1. The summed E-state index contributed by atoms with van der Waals surface area (Å²) in [6.07, 6.45) is 5.86. The predicted molar refractivity (Wildman–Crippen MR) is 144 cm³/mol. The second-order valence-electron chi connectivity index (χ2n) is 9.90. The third-order valence-electron chi connectivity index (χ3n) is 6.85. The van der Waals surface area contributed by atoms with Crippen molar-refractivity contribution in [3.63, 3.8) is 0 Å². The van der Waals surface area contributed by atoms with E-state index in [0.29, 0.717) is 18.7 Å². The fourth-order valence-electron chi connectivity index (χ4n) is 4.73. The number of sulfonamides is 1. The Morgan fingerprint density at radius 2 is 1.72 bits per heavy atom. The highest BCUT2D eigenvalue weighted by Crippen LogP contribution is 2.25. The van der Waals surface area contributed by atoms with Crippen LogP contribution in [-0.2, 0) is 26.2 Å². The molecule has 0 aliphatic heterocycles. The minimum absolute atomic E-state index is 0.140. The van der Waals surface area contributed by atoms with Crippen LogP contribution in [0.5, 0.6) is 0 Å². The molecule has 0 radical (unpaired) electrons. The van der Waals surface area contributed by atoms with Gasteiger partial charge in [0, 0.05) is 25.6 Å². The molecule has 1 fully saturated rings. The Hall–Kier alpha value is -2.87. The summed E-state index contributed by atoms with van der Waals surface area (Å²) >= 11 is 0. The molecular weight excluding hydrogens is 474 g/mol. The van der Waals surface area contributed by atoms with E-state index in [-0.39, 0.29) is 30.8 Å². The van der Waals surface area contributed by atoms with Crippen molar-refractivity contribution in [3.05, 3.63) is 65.2 Å². The summed E-state index contributed by atoms with van der Waals surface area (Å²) in [4.78, 5) is 28.0. The average molecular weight is 514 g/mol. The molecule has 7 nitrogen and oxygen atoms in total. The molecule has 2 aromatic carbocycles. The van der Waals surface area contributed by atoms with E-state index in [1.165, 1.54) is 10.6 Å². The molecule has 8 heteroatoms. The third kappa shape index (κ3) is 7.56. The monoisotopic (exact) mass is 513 g/mol. The number of benzene rings is 2. The zero-order chi connectivity index (χ0) is 26.3. The van der Waals surface area contributed by atoms with Gasteiger partial charge in [-0.1, -0.05) is 55.3 Å². The Morgan fingerprint density at radius 1 is 1.06 bits per heavy atom. The van der Waals surface area contributed by atoms with Crippen molar-refractivity contribution in [2.45, 2.75) is 77.9 Å². The first-order chi connectivity index (χ1) is 17.1. The summed E-state index contributed by atoms with van der Waals surface area (Å²) in [5.41, 5.74) is 3.41. The number of amides is 2. The van der Waals surface area contributed by atoms with Crippen molar-refractivity contribution in [1.29, 1.82) is 0 Å². The largest absolute Gasteiger partial charge is 0.352 e. The summed E-state index contributed by atoms with van der Waals surface area (Å²) in [5.74, 6) is -0.304. The van der Waals surface area contributed by atoms with Crippen LogP contribution in [0.4, 0.5) is 5.69 Å². The van der Waals surface area contributed by atoms with Crippen molar-refractivity contribution in [3.8, 4) is 0 Å². The summed E-state index contributed by atoms with van der Waals surface area (Å²) in [6, 6.07) is 14.9. The molecule has 0 heterocycles. The molecule has 1 aliphatic carbocycles. The van der Waals surface area contributed by atoms with Crippen molar-refractivity contribution < 1.29 is 18.0 Å². The molecule has 1 aliphatic rings. The molecule has 0 spiro atoms. The number of hydrogen-bond acceptors (Lipinski definition) is 4. The van der Waals surface area contributed by atoms with Gasteiger partial charge < -0.3 is 10.2 Å². The lowest BCUT2D eigenvalue weighted by molar-refractivity contribution is -0.141. The van der Waals surface area contributed by atoms with E-state index in [0.717, 1.165) is 42.4 Å². The molecular formula is C28H39N3O4S. The molecule has 36 heavy (non-hydrogen) atoms. The highest BCUT2D eigenvalue weighted by Gasteiger charge is 2.28. The van der Waals surface area contributed by atoms with E-state index in [9.17, 15) is 18.0 Å². The number of nitrogens with zero attached hydrogens (tertiary/aromatic N) is 2. The van der Waals surface area contributed by atoms with Crippen LogP contribution in [0.25, 0.3) is 0 Å². The predicted octanol–water partition coefficient (Wildman–Crippen LogP) is 4.33. The topological polar surface area (TPSA) is 86.8 Å². The molecule has 1 saturated carbocycles. The van der Waals surface area contributed by atoms with Crippen LogP contribution >= 0.6 is 0 Å². The maximum absolute atomic E-state index is 13.4. The Morgan fingerprint density at radius 3 is 2.36 bits per heavy atom. The molecule has 0 unspecified atom stereocenters.